The molecule has 2 heterocycles. The van der Waals surface area contributed by atoms with Crippen LogP contribution in [0.25, 0.3) is 10.2 Å². The Labute approximate surface area is 146 Å². The van der Waals surface area contributed by atoms with Gasteiger partial charge in [-0.1, -0.05) is 34.5 Å². The molecular formula is C13H7BrCl2N2OS2. The van der Waals surface area contributed by atoms with Crippen LogP contribution >= 0.6 is 61.8 Å². The molecule has 0 aliphatic heterocycles. The number of benzene rings is 1. The largest absolute Gasteiger partial charge is 0.318 e. The summed E-state index contributed by atoms with van der Waals surface area (Å²) in [6.45, 7) is 0. The van der Waals surface area contributed by atoms with Crippen molar-refractivity contribution in [1.29, 1.82) is 0 Å². The SMILES string of the molecule is Cn1c(=NC(=O)c2ccc(Br)s2)sc2c(Cl)ccc(Cl)c21. The summed E-state index contributed by atoms with van der Waals surface area (Å²) in [5.74, 6) is -0.278. The minimum atomic E-state index is -0.278. The Kier molecular flexibility index (Phi) is 4.25. The van der Waals surface area contributed by atoms with Crippen LogP contribution in [0.3, 0.4) is 0 Å². The number of carbonyl (C=O) groups is 1. The van der Waals surface area contributed by atoms with E-state index in [1.807, 2.05) is 13.1 Å². The molecule has 0 radical (unpaired) electrons. The van der Waals surface area contributed by atoms with Gasteiger partial charge in [0.05, 0.1) is 28.9 Å². The number of aryl methyl sites for hydroxylation is 1. The van der Waals surface area contributed by atoms with Crippen LogP contribution in [-0.4, -0.2) is 10.5 Å². The second-order valence-corrected chi connectivity index (χ2v) is 8.43. The van der Waals surface area contributed by atoms with E-state index in [1.54, 1.807) is 22.8 Å². The van der Waals surface area contributed by atoms with Gasteiger partial charge in [0.15, 0.2) is 4.80 Å². The lowest BCUT2D eigenvalue weighted by Crippen LogP contribution is -2.12. The van der Waals surface area contributed by atoms with Crippen molar-refractivity contribution >= 4 is 77.9 Å². The van der Waals surface area contributed by atoms with Gasteiger partial charge in [-0.25, -0.2) is 0 Å². The third-order valence-electron chi connectivity index (χ3n) is 2.83. The highest BCUT2D eigenvalue weighted by Gasteiger charge is 2.12. The van der Waals surface area contributed by atoms with Gasteiger partial charge in [0.1, 0.15) is 0 Å². The van der Waals surface area contributed by atoms with Crippen LogP contribution in [-0.2, 0) is 7.05 Å². The van der Waals surface area contributed by atoms with Crippen molar-refractivity contribution in [2.45, 2.75) is 0 Å². The molecule has 0 aliphatic carbocycles. The van der Waals surface area contributed by atoms with Crippen LogP contribution in [0.15, 0.2) is 33.0 Å². The monoisotopic (exact) mass is 420 g/mol. The van der Waals surface area contributed by atoms with Gasteiger partial charge < -0.3 is 4.57 Å². The Morgan fingerprint density at radius 3 is 2.52 bits per heavy atom. The highest BCUT2D eigenvalue weighted by molar-refractivity contribution is 9.11. The molecule has 0 spiro atoms. The molecular weight excluding hydrogens is 415 g/mol. The van der Waals surface area contributed by atoms with E-state index in [0.717, 1.165) is 14.0 Å². The molecule has 108 valence electrons. The van der Waals surface area contributed by atoms with E-state index in [0.29, 0.717) is 19.7 Å². The van der Waals surface area contributed by atoms with Crippen molar-refractivity contribution in [1.82, 2.24) is 4.57 Å². The number of thiophene rings is 1. The summed E-state index contributed by atoms with van der Waals surface area (Å²) in [7, 11) is 1.82. The van der Waals surface area contributed by atoms with E-state index in [-0.39, 0.29) is 5.91 Å². The Balaban J connectivity index is 2.19. The summed E-state index contributed by atoms with van der Waals surface area (Å²) in [5.41, 5.74) is 0.785. The van der Waals surface area contributed by atoms with Crippen molar-refractivity contribution in [3.05, 3.63) is 47.8 Å². The number of thiazole rings is 1. The molecule has 0 saturated heterocycles. The number of hydrogen-bond donors (Lipinski definition) is 0. The first-order chi connectivity index (χ1) is 9.97. The standard InChI is InChI=1S/C13H7BrCl2N2OS2/c1-18-10-6(15)2-3-7(16)11(10)21-13(18)17-12(19)8-4-5-9(14)20-8/h2-5H,1H3. The molecule has 3 nitrogen and oxygen atoms in total. The Hall–Kier alpha value is -0.660. The lowest BCUT2D eigenvalue weighted by molar-refractivity contribution is 0.100. The van der Waals surface area contributed by atoms with Crippen LogP contribution < -0.4 is 4.80 Å². The molecule has 0 saturated carbocycles. The number of hydrogen-bond acceptors (Lipinski definition) is 3. The van der Waals surface area contributed by atoms with Crippen molar-refractivity contribution in [2.75, 3.05) is 0 Å². The van der Waals surface area contributed by atoms with Crippen LogP contribution in [0, 0.1) is 0 Å². The molecule has 0 N–H and O–H groups in total. The number of amides is 1. The Bertz CT molecular complexity index is 926. The zero-order chi connectivity index (χ0) is 15.1. The van der Waals surface area contributed by atoms with Crippen LogP contribution in [0.1, 0.15) is 9.67 Å². The van der Waals surface area contributed by atoms with Crippen molar-refractivity contribution in [3.63, 3.8) is 0 Å². The maximum absolute atomic E-state index is 12.2. The quantitative estimate of drug-likeness (QED) is 0.537. The number of fused-ring (bicyclic) bond motifs is 1. The van der Waals surface area contributed by atoms with E-state index in [9.17, 15) is 4.79 Å². The predicted octanol–water partition coefficient (Wildman–Crippen LogP) is 5.11. The number of carbonyl (C=O) groups excluding carboxylic acids is 1. The van der Waals surface area contributed by atoms with Crippen molar-refractivity contribution in [2.24, 2.45) is 12.0 Å². The maximum Gasteiger partial charge on any atom is 0.289 e. The highest BCUT2D eigenvalue weighted by Crippen LogP contribution is 2.31. The van der Waals surface area contributed by atoms with Crippen molar-refractivity contribution in [3.8, 4) is 0 Å². The van der Waals surface area contributed by atoms with E-state index in [2.05, 4.69) is 20.9 Å². The first kappa shape index (κ1) is 15.2. The molecule has 0 bridgehead atoms. The number of halogens is 3. The highest BCUT2D eigenvalue weighted by atomic mass is 79.9. The lowest BCUT2D eigenvalue weighted by Gasteiger charge is -1.99. The second kappa shape index (κ2) is 5.85. The average Bonchev–Trinajstić information content (AvgIpc) is 3.00. The van der Waals surface area contributed by atoms with Crippen LogP contribution in [0.2, 0.25) is 10.0 Å². The van der Waals surface area contributed by atoms with E-state index < -0.39 is 0 Å². The summed E-state index contributed by atoms with van der Waals surface area (Å²) in [6, 6.07) is 7.05. The van der Waals surface area contributed by atoms with Crippen molar-refractivity contribution < 1.29 is 4.79 Å². The Morgan fingerprint density at radius 2 is 1.90 bits per heavy atom. The fourth-order valence-electron chi connectivity index (χ4n) is 1.86. The molecule has 1 amide bonds. The molecule has 3 rings (SSSR count). The van der Waals surface area contributed by atoms with Crippen LogP contribution in [0.4, 0.5) is 0 Å². The molecule has 0 fully saturated rings. The lowest BCUT2D eigenvalue weighted by atomic mass is 10.3. The first-order valence-corrected chi connectivity index (χ1v) is 8.93. The fourth-order valence-corrected chi connectivity index (χ4v) is 4.78. The van der Waals surface area contributed by atoms with Gasteiger partial charge in [-0.3, -0.25) is 4.79 Å². The third kappa shape index (κ3) is 2.83. The second-order valence-electron chi connectivity index (χ2n) is 4.17. The van der Waals surface area contributed by atoms with Gasteiger partial charge in [-0.15, -0.1) is 11.3 Å². The fraction of sp³-hybridized carbons (Fsp3) is 0.0769. The minimum Gasteiger partial charge on any atom is -0.318 e. The predicted molar refractivity (Wildman–Crippen MR) is 92.7 cm³/mol. The molecule has 2 aromatic heterocycles. The molecule has 3 aromatic rings. The minimum absolute atomic E-state index is 0.278. The summed E-state index contributed by atoms with van der Waals surface area (Å²) >= 11 is 18.4. The normalized spacial score (nSPS) is 12.3. The molecule has 0 unspecified atom stereocenters. The van der Waals surface area contributed by atoms with Gasteiger partial charge in [0.2, 0.25) is 0 Å². The zero-order valence-corrected chi connectivity index (χ0v) is 15.3. The summed E-state index contributed by atoms with van der Waals surface area (Å²) in [5, 5.41) is 1.18. The summed E-state index contributed by atoms with van der Waals surface area (Å²) in [6.07, 6.45) is 0. The zero-order valence-electron chi connectivity index (χ0n) is 10.6. The van der Waals surface area contributed by atoms with Gasteiger partial charge in [0, 0.05) is 7.05 Å². The third-order valence-corrected chi connectivity index (χ3v) is 6.34. The smallest absolute Gasteiger partial charge is 0.289 e. The summed E-state index contributed by atoms with van der Waals surface area (Å²) in [4.78, 5) is 17.5. The summed E-state index contributed by atoms with van der Waals surface area (Å²) < 4.78 is 3.51. The van der Waals surface area contributed by atoms with Gasteiger partial charge >= 0.3 is 0 Å². The van der Waals surface area contributed by atoms with Gasteiger partial charge in [-0.2, -0.15) is 4.99 Å². The van der Waals surface area contributed by atoms with Gasteiger partial charge in [0.25, 0.3) is 5.91 Å². The van der Waals surface area contributed by atoms with E-state index in [4.69, 9.17) is 23.2 Å². The first-order valence-electron chi connectivity index (χ1n) is 5.75. The number of aromatic nitrogens is 1. The molecule has 21 heavy (non-hydrogen) atoms. The van der Waals surface area contributed by atoms with E-state index in [1.165, 1.54) is 22.7 Å². The maximum atomic E-state index is 12.2. The van der Waals surface area contributed by atoms with Crippen LogP contribution in [0.5, 0.6) is 0 Å². The average molecular weight is 422 g/mol. The molecule has 0 atom stereocenters. The van der Waals surface area contributed by atoms with E-state index >= 15 is 0 Å². The molecule has 8 heteroatoms. The number of nitrogens with zero attached hydrogens (tertiary/aromatic N) is 2. The molecule has 0 aliphatic rings. The molecule has 1 aromatic carbocycles. The number of rotatable bonds is 1. The topological polar surface area (TPSA) is 34.4 Å². The Morgan fingerprint density at radius 1 is 1.19 bits per heavy atom. The van der Waals surface area contributed by atoms with Gasteiger partial charge in [-0.05, 0) is 40.2 Å².